The van der Waals surface area contributed by atoms with Crippen LogP contribution in [0.2, 0.25) is 0 Å². The van der Waals surface area contributed by atoms with E-state index in [4.69, 9.17) is 28.4 Å². The second-order valence-electron chi connectivity index (χ2n) is 9.90. The lowest BCUT2D eigenvalue weighted by Crippen LogP contribution is -2.16. The average Bonchev–Trinajstić information content (AvgIpc) is 3.42. The van der Waals surface area contributed by atoms with Crippen LogP contribution >= 0.6 is 7.60 Å². The summed E-state index contributed by atoms with van der Waals surface area (Å²) in [5, 5.41) is 0. The Morgan fingerprint density at radius 3 is 1.98 bits per heavy atom. The maximum Gasteiger partial charge on any atom is 0.325 e. The minimum atomic E-state index is -4.24. The molecule has 0 spiro atoms. The molecule has 0 saturated carbocycles. The van der Waals surface area contributed by atoms with E-state index in [2.05, 4.69) is 0 Å². The topological polar surface area (TPSA) is 164 Å². The summed E-state index contributed by atoms with van der Waals surface area (Å²) in [6.45, 7) is 3.14. The van der Waals surface area contributed by atoms with Gasteiger partial charge in [-0.3, -0.25) is 9.36 Å². The molecule has 14 heteroatoms. The Bertz CT molecular complexity index is 1380. The van der Waals surface area contributed by atoms with E-state index < -0.39 is 41.2 Å². The number of carbonyl (C=O) groups excluding carboxylic acids is 1. The van der Waals surface area contributed by atoms with Crippen LogP contribution in [0.25, 0.3) is 0 Å². The number of hydrogen-bond acceptors (Lipinski definition) is 10. The highest BCUT2D eigenvalue weighted by molar-refractivity contribution is 7.92. The maximum absolute atomic E-state index is 13.4. The second kappa shape index (κ2) is 14.6. The predicted molar refractivity (Wildman–Crippen MR) is 154 cm³/mol. The van der Waals surface area contributed by atoms with E-state index in [1.807, 2.05) is 6.92 Å². The molecule has 3 rings (SSSR count). The zero-order valence-corrected chi connectivity index (χ0v) is 26.2. The molecule has 2 aromatic rings. The first-order valence-electron chi connectivity index (χ1n) is 13.5. The zero-order valence-electron chi connectivity index (χ0n) is 24.5. The highest BCUT2D eigenvalue weighted by Crippen LogP contribution is 2.48. The van der Waals surface area contributed by atoms with Gasteiger partial charge < -0.3 is 38.2 Å². The number of ether oxygens (including phenoxy) is 6. The molecule has 2 N–H and O–H groups in total. The van der Waals surface area contributed by atoms with Crippen LogP contribution in [-0.4, -0.2) is 70.4 Å². The Labute approximate surface area is 246 Å². The molecule has 2 aromatic carbocycles. The molecule has 0 aliphatic carbocycles. The fraction of sp³-hybridized carbons (Fsp3) is 0.536. The van der Waals surface area contributed by atoms with E-state index in [0.29, 0.717) is 42.1 Å². The molecule has 234 valence electrons. The highest BCUT2D eigenvalue weighted by atomic mass is 32.2. The number of rotatable bonds is 16. The van der Waals surface area contributed by atoms with Crippen molar-refractivity contribution in [3.8, 4) is 28.7 Å². The van der Waals surface area contributed by atoms with Crippen molar-refractivity contribution in [2.75, 3.05) is 46.5 Å². The third kappa shape index (κ3) is 8.61. The molecule has 1 aliphatic heterocycles. The van der Waals surface area contributed by atoms with Crippen molar-refractivity contribution in [3.63, 3.8) is 0 Å². The van der Waals surface area contributed by atoms with E-state index in [-0.39, 0.29) is 42.1 Å². The van der Waals surface area contributed by atoms with Gasteiger partial charge in [0.1, 0.15) is 16.4 Å². The van der Waals surface area contributed by atoms with Crippen molar-refractivity contribution in [1.29, 1.82) is 0 Å². The first kappa shape index (κ1) is 33.7. The molecule has 1 aliphatic rings. The molecule has 1 saturated heterocycles. The molecule has 0 aromatic heterocycles. The normalized spacial score (nSPS) is 17.1. The first-order chi connectivity index (χ1) is 19.8. The van der Waals surface area contributed by atoms with Crippen LogP contribution in [0.15, 0.2) is 29.2 Å². The van der Waals surface area contributed by atoms with E-state index in [0.717, 1.165) is 5.56 Å². The van der Waals surface area contributed by atoms with E-state index in [1.54, 1.807) is 18.2 Å². The van der Waals surface area contributed by atoms with Crippen LogP contribution < -0.4 is 23.7 Å². The molecular weight excluding hydrogens is 591 g/mol. The van der Waals surface area contributed by atoms with Gasteiger partial charge >= 0.3 is 7.60 Å². The summed E-state index contributed by atoms with van der Waals surface area (Å²) in [7, 11) is -3.81. The van der Waals surface area contributed by atoms with Gasteiger partial charge in [-0.15, -0.1) is 0 Å². The van der Waals surface area contributed by atoms with Gasteiger partial charge in [0, 0.05) is 0 Å². The van der Waals surface area contributed by atoms with Crippen LogP contribution in [-0.2, 0) is 23.9 Å². The van der Waals surface area contributed by atoms with Crippen LogP contribution in [0.1, 0.15) is 62.9 Å². The number of Topliss-reactive ketones (excluding diaryl/α,β-unsaturated/α-hetero) is 1. The lowest BCUT2D eigenvalue weighted by Gasteiger charge is -2.21. The quantitative estimate of drug-likeness (QED) is 0.199. The number of methoxy groups -OCH3 is 3. The van der Waals surface area contributed by atoms with Crippen LogP contribution in [0, 0.1) is 0 Å². The highest BCUT2D eigenvalue weighted by Gasteiger charge is 2.33. The summed E-state index contributed by atoms with van der Waals surface area (Å²) in [4.78, 5) is 30.1. The minimum absolute atomic E-state index is 0.0282. The van der Waals surface area contributed by atoms with E-state index in [9.17, 15) is 27.6 Å². The zero-order chi connectivity index (χ0) is 31.1. The second-order valence-corrected chi connectivity index (χ2v) is 13.6. The van der Waals surface area contributed by atoms with Gasteiger partial charge in [0.15, 0.2) is 32.8 Å². The van der Waals surface area contributed by atoms with Crippen LogP contribution in [0.4, 0.5) is 0 Å². The number of benzene rings is 2. The van der Waals surface area contributed by atoms with Crippen molar-refractivity contribution in [2.45, 2.75) is 56.6 Å². The smallest absolute Gasteiger partial charge is 0.325 e. The van der Waals surface area contributed by atoms with Gasteiger partial charge in [0.05, 0.1) is 52.9 Å². The molecule has 0 radical (unpaired) electrons. The number of hydrogen-bond donors (Lipinski definition) is 2. The van der Waals surface area contributed by atoms with Gasteiger partial charge in [0.25, 0.3) is 0 Å². The maximum atomic E-state index is 13.4. The molecule has 0 amide bonds. The Balaban J connectivity index is 2.02. The Kier molecular flexibility index (Phi) is 11.7. The Morgan fingerprint density at radius 2 is 1.48 bits per heavy atom. The van der Waals surface area contributed by atoms with E-state index >= 15 is 0 Å². The minimum Gasteiger partial charge on any atom is -0.493 e. The molecule has 2 atom stereocenters. The number of carbonyl (C=O) groups is 1. The average molecular weight is 631 g/mol. The Morgan fingerprint density at radius 1 is 0.905 bits per heavy atom. The summed E-state index contributed by atoms with van der Waals surface area (Å²) in [6, 6.07) is 6.67. The summed E-state index contributed by atoms with van der Waals surface area (Å²) in [6.07, 6.45) is 0.456. The van der Waals surface area contributed by atoms with Crippen molar-refractivity contribution < 1.29 is 56.0 Å². The number of sulfone groups is 1. The largest absolute Gasteiger partial charge is 0.493 e. The number of ketones is 1. The predicted octanol–water partition coefficient (Wildman–Crippen LogP) is 4.40. The molecular formula is C28H39O12PS. The molecule has 0 bridgehead atoms. The summed E-state index contributed by atoms with van der Waals surface area (Å²) in [5.41, 5.74) is 1.29. The van der Waals surface area contributed by atoms with Crippen molar-refractivity contribution in [2.24, 2.45) is 0 Å². The molecule has 42 heavy (non-hydrogen) atoms. The molecule has 1 fully saturated rings. The molecule has 1 heterocycles. The lowest BCUT2D eigenvalue weighted by atomic mass is 10.0. The van der Waals surface area contributed by atoms with Gasteiger partial charge in [-0.05, 0) is 68.0 Å². The SMILES string of the molecule is CCCOc1c(OCCCP(=O)(O)O)cc(C2CCC(c3cc(OC)c(OC)c(OC)c3)O2)cc1S(=O)(=O)CC(C)=O. The van der Waals surface area contributed by atoms with Crippen LogP contribution in [0.3, 0.4) is 0 Å². The van der Waals surface area contributed by atoms with Crippen molar-refractivity contribution in [3.05, 3.63) is 35.4 Å². The fourth-order valence-electron chi connectivity index (χ4n) is 4.68. The van der Waals surface area contributed by atoms with Crippen molar-refractivity contribution in [1.82, 2.24) is 0 Å². The first-order valence-corrected chi connectivity index (χ1v) is 16.9. The summed E-state index contributed by atoms with van der Waals surface area (Å²) < 4.78 is 72.4. The molecule has 2 unspecified atom stereocenters. The van der Waals surface area contributed by atoms with Gasteiger partial charge in [-0.25, -0.2) is 8.42 Å². The fourth-order valence-corrected chi connectivity index (χ4v) is 6.67. The van der Waals surface area contributed by atoms with Gasteiger partial charge in [0.2, 0.25) is 5.75 Å². The summed E-state index contributed by atoms with van der Waals surface area (Å²) >= 11 is 0. The summed E-state index contributed by atoms with van der Waals surface area (Å²) in [5.74, 6) is 0.175. The van der Waals surface area contributed by atoms with E-state index in [1.165, 1.54) is 34.3 Å². The van der Waals surface area contributed by atoms with Gasteiger partial charge in [-0.1, -0.05) is 6.92 Å². The van der Waals surface area contributed by atoms with Gasteiger partial charge in [-0.2, -0.15) is 0 Å². The Hall–Kier alpha value is -2.83. The van der Waals surface area contributed by atoms with Crippen LogP contribution in [0.5, 0.6) is 28.7 Å². The standard InChI is InChI=1S/C28H39O12PS/c1-6-10-39-28-25(38-11-7-12-41(30,31)32)15-20(16-26(28)42(33,34)17-18(2)29)22-9-8-21(40-22)19-13-23(35-3)27(37-5)24(14-19)36-4/h13-16,21-22H,6-12,17H2,1-5H3,(H2,30,31,32). The lowest BCUT2D eigenvalue weighted by molar-refractivity contribution is -0.114. The molecule has 12 nitrogen and oxygen atoms in total. The van der Waals surface area contributed by atoms with Crippen molar-refractivity contribution >= 4 is 23.2 Å². The third-order valence-electron chi connectivity index (χ3n) is 6.52. The third-order valence-corrected chi connectivity index (χ3v) is 9.18. The monoisotopic (exact) mass is 630 g/mol.